The molecule has 1 aliphatic carbocycles. The van der Waals surface area contributed by atoms with E-state index in [9.17, 15) is 4.79 Å². The molecule has 0 heterocycles. The first-order valence-corrected chi connectivity index (χ1v) is 10.8. The summed E-state index contributed by atoms with van der Waals surface area (Å²) in [4.78, 5) is 13.0. The number of methoxy groups -OCH3 is 1. The van der Waals surface area contributed by atoms with Crippen LogP contribution in [0.2, 0.25) is 0 Å². The van der Waals surface area contributed by atoms with E-state index in [0.29, 0.717) is 17.9 Å². The molecule has 0 amide bonds. The average Bonchev–Trinajstić information content (AvgIpc) is 3.31. The highest BCUT2D eigenvalue weighted by molar-refractivity contribution is 6.53. The van der Waals surface area contributed by atoms with Gasteiger partial charge < -0.3 is 9.47 Å². The fourth-order valence-electron chi connectivity index (χ4n) is 4.11. The van der Waals surface area contributed by atoms with Crippen LogP contribution in [0.5, 0.6) is 11.5 Å². The molecule has 0 N–H and O–H groups in total. The highest BCUT2D eigenvalue weighted by Gasteiger charge is 2.69. The Labute approximate surface area is 190 Å². The molecule has 1 fully saturated rings. The van der Waals surface area contributed by atoms with Gasteiger partial charge in [0.25, 0.3) is 0 Å². The lowest BCUT2D eigenvalue weighted by Crippen LogP contribution is -2.24. The van der Waals surface area contributed by atoms with Gasteiger partial charge in [-0.25, -0.2) is 0 Å². The molecule has 4 aromatic carbocycles. The van der Waals surface area contributed by atoms with Crippen LogP contribution in [0.25, 0.3) is 32.7 Å². The summed E-state index contributed by atoms with van der Waals surface area (Å²) < 4.78 is 10.6. The third-order valence-corrected chi connectivity index (χ3v) is 7.26. The number of hydrogen-bond acceptors (Lipinski definition) is 3. The third-order valence-electron chi connectivity index (χ3n) is 6.16. The lowest BCUT2D eigenvalue weighted by atomic mass is 9.92. The van der Waals surface area contributed by atoms with Gasteiger partial charge in [0, 0.05) is 17.5 Å². The predicted molar refractivity (Wildman–Crippen MR) is 126 cm³/mol. The molecule has 31 heavy (non-hydrogen) atoms. The van der Waals surface area contributed by atoms with E-state index in [4.69, 9.17) is 32.7 Å². The van der Waals surface area contributed by atoms with Crippen molar-refractivity contribution in [1.29, 1.82) is 0 Å². The first-order valence-electron chi connectivity index (χ1n) is 10.0. The Bertz CT molecular complexity index is 1350. The molecule has 0 bridgehead atoms. The third kappa shape index (κ3) is 3.15. The number of alkyl halides is 2. The summed E-state index contributed by atoms with van der Waals surface area (Å²) in [7, 11) is 1.64. The van der Waals surface area contributed by atoms with Gasteiger partial charge in [0.05, 0.1) is 7.11 Å². The van der Waals surface area contributed by atoms with E-state index >= 15 is 0 Å². The van der Waals surface area contributed by atoms with E-state index < -0.39 is 15.7 Å². The number of ether oxygens (including phenoxy) is 2. The van der Waals surface area contributed by atoms with Gasteiger partial charge in [-0.3, -0.25) is 4.79 Å². The molecule has 0 aliphatic heterocycles. The normalized spacial score (nSPS) is 19.4. The number of hydrogen-bond donors (Lipinski definition) is 0. The van der Waals surface area contributed by atoms with Crippen LogP contribution in [0.4, 0.5) is 0 Å². The van der Waals surface area contributed by atoms with Crippen molar-refractivity contribution in [3.05, 3.63) is 72.8 Å². The van der Waals surface area contributed by atoms with Gasteiger partial charge >= 0.3 is 5.97 Å². The maximum absolute atomic E-state index is 13.0. The average molecular weight is 451 g/mol. The summed E-state index contributed by atoms with van der Waals surface area (Å²) >= 11 is 12.5. The number of halogens is 2. The first kappa shape index (κ1) is 20.2. The van der Waals surface area contributed by atoms with Crippen LogP contribution in [0, 0.1) is 5.41 Å². The molecule has 156 valence electrons. The lowest BCUT2D eigenvalue weighted by molar-refractivity contribution is -0.139. The van der Waals surface area contributed by atoms with Gasteiger partial charge in [-0.15, -0.1) is 23.2 Å². The van der Waals surface area contributed by atoms with E-state index in [1.165, 1.54) is 0 Å². The van der Waals surface area contributed by atoms with Crippen molar-refractivity contribution in [1.82, 2.24) is 0 Å². The smallest absolute Gasteiger partial charge is 0.320 e. The van der Waals surface area contributed by atoms with Crippen molar-refractivity contribution in [3.63, 3.8) is 0 Å². The van der Waals surface area contributed by atoms with Crippen molar-refractivity contribution < 1.29 is 14.3 Å². The Morgan fingerprint density at radius 2 is 1.29 bits per heavy atom. The monoisotopic (exact) mass is 450 g/mol. The van der Waals surface area contributed by atoms with Crippen molar-refractivity contribution in [2.24, 2.45) is 5.41 Å². The molecule has 4 aromatic rings. The van der Waals surface area contributed by atoms with Crippen LogP contribution in [0.1, 0.15) is 13.3 Å². The molecular formula is C26H20Cl2O3. The molecule has 0 aromatic heterocycles. The van der Waals surface area contributed by atoms with Crippen molar-refractivity contribution >= 4 is 50.7 Å². The maximum atomic E-state index is 13.0. The van der Waals surface area contributed by atoms with Crippen LogP contribution >= 0.6 is 23.2 Å². The number of rotatable bonds is 4. The van der Waals surface area contributed by atoms with E-state index in [1.807, 2.05) is 66.7 Å². The SMILES string of the molecule is COc1ccc2ccccc2c1-c1c(OC(=O)[C@@]2(C)CC2(Cl)Cl)ccc2ccccc12. The fourth-order valence-corrected chi connectivity index (χ4v) is 4.80. The van der Waals surface area contributed by atoms with E-state index in [1.54, 1.807) is 14.0 Å². The van der Waals surface area contributed by atoms with Crippen molar-refractivity contribution in [3.8, 4) is 22.6 Å². The Morgan fingerprint density at radius 1 is 0.806 bits per heavy atom. The van der Waals surface area contributed by atoms with Gasteiger partial charge in [0.1, 0.15) is 21.2 Å². The number of fused-ring (bicyclic) bond motifs is 2. The minimum atomic E-state index is -1.10. The van der Waals surface area contributed by atoms with Crippen LogP contribution in [0.3, 0.4) is 0 Å². The largest absolute Gasteiger partial charge is 0.496 e. The number of benzene rings is 4. The molecular weight excluding hydrogens is 431 g/mol. The topological polar surface area (TPSA) is 35.5 Å². The molecule has 5 heteroatoms. The van der Waals surface area contributed by atoms with Crippen LogP contribution in [-0.2, 0) is 4.79 Å². The van der Waals surface area contributed by atoms with Crippen LogP contribution < -0.4 is 9.47 Å². The Hall–Kier alpha value is -2.75. The quantitative estimate of drug-likeness (QED) is 0.188. The van der Waals surface area contributed by atoms with Gasteiger partial charge in [0.15, 0.2) is 0 Å². The second-order valence-corrected chi connectivity index (χ2v) is 9.61. The van der Waals surface area contributed by atoms with E-state index in [2.05, 4.69) is 6.07 Å². The van der Waals surface area contributed by atoms with Crippen molar-refractivity contribution in [2.45, 2.75) is 17.7 Å². The number of carbonyl (C=O) groups is 1. The predicted octanol–water partition coefficient (Wildman–Crippen LogP) is 7.16. The summed E-state index contributed by atoms with van der Waals surface area (Å²) in [5.74, 6) is 0.720. The fraction of sp³-hybridized carbons (Fsp3) is 0.192. The molecule has 5 rings (SSSR count). The van der Waals surface area contributed by atoms with Crippen LogP contribution in [0.15, 0.2) is 72.8 Å². The molecule has 1 atom stereocenters. The van der Waals surface area contributed by atoms with E-state index in [-0.39, 0.29) is 0 Å². The molecule has 1 saturated carbocycles. The standard InChI is InChI=1S/C26H20Cl2O3/c1-25(15-26(25,27)28)24(29)31-21-14-12-17-8-4-6-10-19(17)23(21)22-18-9-5-3-7-16(18)11-13-20(22)30-2/h3-14H,15H2,1-2H3/t25-/m1/s1. The highest BCUT2D eigenvalue weighted by Crippen LogP contribution is 2.64. The second kappa shape index (κ2) is 7.15. The Morgan fingerprint density at radius 3 is 1.81 bits per heavy atom. The zero-order valence-corrected chi connectivity index (χ0v) is 18.6. The molecule has 1 aliphatic rings. The van der Waals surface area contributed by atoms with Gasteiger partial charge in [0.2, 0.25) is 0 Å². The number of carbonyl (C=O) groups excluding carboxylic acids is 1. The Kier molecular flexibility index (Phi) is 4.65. The zero-order chi connectivity index (χ0) is 21.8. The summed E-state index contributed by atoms with van der Waals surface area (Å²) in [6.45, 7) is 1.73. The van der Waals surface area contributed by atoms with Gasteiger partial charge in [-0.05, 0) is 40.6 Å². The summed E-state index contributed by atoms with van der Waals surface area (Å²) in [6, 6.07) is 23.8. The zero-order valence-electron chi connectivity index (χ0n) is 17.1. The summed E-state index contributed by atoms with van der Waals surface area (Å²) in [6.07, 6.45) is 0.364. The second-order valence-electron chi connectivity index (χ2n) is 8.13. The maximum Gasteiger partial charge on any atom is 0.320 e. The van der Waals surface area contributed by atoms with E-state index in [0.717, 1.165) is 32.7 Å². The molecule has 0 radical (unpaired) electrons. The first-order chi connectivity index (χ1) is 14.9. The number of esters is 1. The minimum Gasteiger partial charge on any atom is -0.496 e. The van der Waals surface area contributed by atoms with Crippen molar-refractivity contribution in [2.75, 3.05) is 7.11 Å². The molecule has 3 nitrogen and oxygen atoms in total. The van der Waals surface area contributed by atoms with Crippen LogP contribution in [-0.4, -0.2) is 17.4 Å². The molecule has 0 spiro atoms. The molecule has 0 saturated heterocycles. The molecule has 0 unspecified atom stereocenters. The summed E-state index contributed by atoms with van der Waals surface area (Å²) in [5.41, 5.74) is 0.755. The summed E-state index contributed by atoms with van der Waals surface area (Å²) in [5, 5.41) is 4.08. The Balaban J connectivity index is 1.78. The minimum absolute atomic E-state index is 0.364. The van der Waals surface area contributed by atoms with Gasteiger partial charge in [-0.2, -0.15) is 0 Å². The lowest BCUT2D eigenvalue weighted by Gasteiger charge is -2.19. The van der Waals surface area contributed by atoms with Gasteiger partial charge in [-0.1, -0.05) is 60.7 Å². The highest BCUT2D eigenvalue weighted by atomic mass is 35.5.